The maximum atomic E-state index is 3.42. The van der Waals surface area contributed by atoms with Crippen LogP contribution in [0.2, 0.25) is 0 Å². The zero-order valence-electron chi connectivity index (χ0n) is 13.4. The van der Waals surface area contributed by atoms with E-state index in [1.165, 1.54) is 57.2 Å². The van der Waals surface area contributed by atoms with Crippen LogP contribution >= 0.6 is 0 Å². The van der Waals surface area contributed by atoms with Gasteiger partial charge in [-0.3, -0.25) is 0 Å². The number of nitrogens with zero attached hydrogens (tertiary/aromatic N) is 1. The Labute approximate surface area is 119 Å². The Hall–Kier alpha value is -0.790. The Bertz CT molecular complexity index is 330. The minimum absolute atomic E-state index is 0.626. The molecule has 0 spiro atoms. The number of unbranched alkanes of at least 4 members (excludes halogenated alkanes) is 5. The van der Waals surface area contributed by atoms with Gasteiger partial charge in [-0.05, 0) is 26.2 Å². The fraction of sp³-hybridized carbons (Fsp3) is 0.824. The number of imidazole rings is 1. The van der Waals surface area contributed by atoms with Gasteiger partial charge in [0.2, 0.25) is 0 Å². The number of nitrogens with one attached hydrogen (secondary N) is 1. The van der Waals surface area contributed by atoms with Crippen LogP contribution in [-0.4, -0.2) is 4.98 Å². The van der Waals surface area contributed by atoms with E-state index in [-0.39, 0.29) is 0 Å². The molecular formula is C17H33N2+. The van der Waals surface area contributed by atoms with Gasteiger partial charge in [-0.2, -0.15) is 0 Å². The zero-order valence-corrected chi connectivity index (χ0v) is 13.4. The molecule has 0 amide bonds. The van der Waals surface area contributed by atoms with Crippen LogP contribution in [0, 0.1) is 0 Å². The Morgan fingerprint density at radius 3 is 2.42 bits per heavy atom. The van der Waals surface area contributed by atoms with Gasteiger partial charge in [0.05, 0.1) is 12.0 Å². The fourth-order valence-corrected chi connectivity index (χ4v) is 2.69. The molecule has 0 saturated carbocycles. The van der Waals surface area contributed by atoms with Crippen LogP contribution in [0.3, 0.4) is 0 Å². The van der Waals surface area contributed by atoms with Gasteiger partial charge in [0.15, 0.2) is 0 Å². The van der Waals surface area contributed by atoms with Crippen LogP contribution in [0.15, 0.2) is 12.4 Å². The van der Waals surface area contributed by atoms with Gasteiger partial charge >= 0.3 is 0 Å². The Morgan fingerprint density at radius 2 is 1.74 bits per heavy atom. The molecule has 0 bridgehead atoms. The SMILES string of the molecule is CCCCCCCCC(C)[n+]1cc[nH]c1C(C)CC. The molecule has 110 valence electrons. The lowest BCUT2D eigenvalue weighted by molar-refractivity contribution is -0.727. The van der Waals surface area contributed by atoms with Crippen molar-refractivity contribution in [1.29, 1.82) is 0 Å². The van der Waals surface area contributed by atoms with E-state index < -0.39 is 0 Å². The molecule has 0 aliphatic carbocycles. The maximum Gasteiger partial charge on any atom is 0.257 e. The third-order valence-electron chi connectivity index (χ3n) is 4.27. The molecule has 1 aromatic heterocycles. The molecule has 0 radical (unpaired) electrons. The van der Waals surface area contributed by atoms with Gasteiger partial charge in [0.25, 0.3) is 5.82 Å². The Balaban J connectivity index is 2.33. The predicted molar refractivity (Wildman–Crippen MR) is 82.4 cm³/mol. The van der Waals surface area contributed by atoms with Crippen molar-refractivity contribution in [3.05, 3.63) is 18.2 Å². The lowest BCUT2D eigenvalue weighted by atomic mass is 10.0. The fourth-order valence-electron chi connectivity index (χ4n) is 2.69. The number of hydrogen-bond acceptors (Lipinski definition) is 0. The van der Waals surface area contributed by atoms with E-state index in [1.54, 1.807) is 0 Å². The Morgan fingerprint density at radius 1 is 1.05 bits per heavy atom. The number of aromatic amines is 1. The summed E-state index contributed by atoms with van der Waals surface area (Å²) in [7, 11) is 0. The topological polar surface area (TPSA) is 19.7 Å². The summed E-state index contributed by atoms with van der Waals surface area (Å²) in [6.07, 6.45) is 15.1. The van der Waals surface area contributed by atoms with E-state index in [9.17, 15) is 0 Å². The van der Waals surface area contributed by atoms with Crippen LogP contribution in [0.25, 0.3) is 0 Å². The summed E-state index contributed by atoms with van der Waals surface area (Å²) < 4.78 is 2.44. The lowest BCUT2D eigenvalue weighted by Gasteiger charge is -2.12. The van der Waals surface area contributed by atoms with Crippen molar-refractivity contribution in [3.63, 3.8) is 0 Å². The van der Waals surface area contributed by atoms with Crippen molar-refractivity contribution in [2.24, 2.45) is 0 Å². The molecule has 2 heteroatoms. The number of hydrogen-bond donors (Lipinski definition) is 1. The number of aromatic nitrogens is 2. The molecule has 19 heavy (non-hydrogen) atoms. The average molecular weight is 265 g/mol. The minimum Gasteiger partial charge on any atom is -0.247 e. The van der Waals surface area contributed by atoms with E-state index in [1.807, 2.05) is 0 Å². The van der Waals surface area contributed by atoms with Gasteiger partial charge < -0.3 is 0 Å². The van der Waals surface area contributed by atoms with E-state index in [2.05, 4.69) is 49.6 Å². The van der Waals surface area contributed by atoms with E-state index in [0.29, 0.717) is 12.0 Å². The minimum atomic E-state index is 0.626. The maximum absolute atomic E-state index is 3.42. The highest BCUT2D eigenvalue weighted by molar-refractivity contribution is 4.86. The molecule has 0 saturated heterocycles. The molecule has 1 rings (SSSR count). The first-order valence-corrected chi connectivity index (χ1v) is 8.29. The normalized spacial score (nSPS) is 14.5. The second kappa shape index (κ2) is 9.17. The van der Waals surface area contributed by atoms with Gasteiger partial charge in [-0.1, -0.05) is 52.9 Å². The first kappa shape index (κ1) is 16.3. The van der Waals surface area contributed by atoms with Crippen LogP contribution < -0.4 is 4.57 Å². The Kier molecular flexibility index (Phi) is 7.85. The number of H-pyrrole nitrogens is 1. The second-order valence-electron chi connectivity index (χ2n) is 5.97. The number of rotatable bonds is 10. The van der Waals surface area contributed by atoms with Crippen molar-refractivity contribution in [2.45, 2.75) is 91.0 Å². The smallest absolute Gasteiger partial charge is 0.247 e. The van der Waals surface area contributed by atoms with E-state index in [0.717, 1.165) is 0 Å². The van der Waals surface area contributed by atoms with Crippen molar-refractivity contribution >= 4 is 0 Å². The van der Waals surface area contributed by atoms with Crippen molar-refractivity contribution < 1.29 is 4.57 Å². The van der Waals surface area contributed by atoms with Gasteiger partial charge in [-0.25, -0.2) is 9.55 Å². The van der Waals surface area contributed by atoms with Crippen molar-refractivity contribution in [3.8, 4) is 0 Å². The van der Waals surface area contributed by atoms with Gasteiger partial charge in [-0.15, -0.1) is 0 Å². The van der Waals surface area contributed by atoms with Crippen molar-refractivity contribution in [2.75, 3.05) is 0 Å². The van der Waals surface area contributed by atoms with E-state index in [4.69, 9.17) is 0 Å². The summed E-state index contributed by atoms with van der Waals surface area (Å²) in [4.78, 5) is 3.42. The molecule has 2 unspecified atom stereocenters. The molecule has 2 atom stereocenters. The summed E-state index contributed by atoms with van der Waals surface area (Å²) in [6, 6.07) is 0.626. The predicted octanol–water partition coefficient (Wildman–Crippen LogP) is 5.13. The monoisotopic (exact) mass is 265 g/mol. The largest absolute Gasteiger partial charge is 0.257 e. The standard InChI is InChI=1S/C17H32N2/c1-5-7-8-9-10-11-12-16(4)19-14-13-18-17(19)15(3)6-2/h13-16H,5-12H2,1-4H3/p+1. The summed E-state index contributed by atoms with van der Waals surface area (Å²) in [5.74, 6) is 2.02. The average Bonchev–Trinajstić information content (AvgIpc) is 2.91. The highest BCUT2D eigenvalue weighted by atomic mass is 15.1. The van der Waals surface area contributed by atoms with Crippen LogP contribution in [0.1, 0.15) is 96.8 Å². The van der Waals surface area contributed by atoms with E-state index >= 15 is 0 Å². The lowest BCUT2D eigenvalue weighted by Crippen LogP contribution is -2.40. The molecule has 0 aliphatic rings. The zero-order chi connectivity index (χ0) is 14.1. The first-order chi connectivity index (χ1) is 9.20. The molecule has 0 fully saturated rings. The molecule has 0 aromatic carbocycles. The highest BCUT2D eigenvalue weighted by Gasteiger charge is 2.20. The van der Waals surface area contributed by atoms with Crippen LogP contribution in [0.5, 0.6) is 0 Å². The molecule has 2 nitrogen and oxygen atoms in total. The molecular weight excluding hydrogens is 232 g/mol. The third-order valence-corrected chi connectivity index (χ3v) is 4.27. The van der Waals surface area contributed by atoms with Crippen LogP contribution in [-0.2, 0) is 0 Å². The quantitative estimate of drug-likeness (QED) is 0.447. The second-order valence-corrected chi connectivity index (χ2v) is 5.97. The highest BCUT2D eigenvalue weighted by Crippen LogP contribution is 2.17. The van der Waals surface area contributed by atoms with Gasteiger partial charge in [0, 0.05) is 0 Å². The molecule has 1 aromatic rings. The summed E-state index contributed by atoms with van der Waals surface area (Å²) in [5, 5.41) is 0. The molecule has 1 N–H and O–H groups in total. The molecule has 1 heterocycles. The van der Waals surface area contributed by atoms with Gasteiger partial charge in [0.1, 0.15) is 12.4 Å². The molecule has 0 aliphatic heterocycles. The summed E-state index contributed by atoms with van der Waals surface area (Å²) >= 11 is 0. The third kappa shape index (κ3) is 5.38. The summed E-state index contributed by atoms with van der Waals surface area (Å²) in [5.41, 5.74) is 0. The van der Waals surface area contributed by atoms with Crippen molar-refractivity contribution in [1.82, 2.24) is 4.98 Å². The van der Waals surface area contributed by atoms with Crippen LogP contribution in [0.4, 0.5) is 0 Å². The first-order valence-electron chi connectivity index (χ1n) is 8.29. The summed E-state index contributed by atoms with van der Waals surface area (Å²) in [6.45, 7) is 9.20.